The second kappa shape index (κ2) is 4.18. The highest BCUT2D eigenvalue weighted by atomic mass is 32.2. The molecular weight excluding hydrogens is 288 g/mol. The van der Waals surface area contributed by atoms with Crippen LogP contribution in [-0.4, -0.2) is 37.1 Å². The number of fused-ring (bicyclic) bond motifs is 1. The van der Waals surface area contributed by atoms with Gasteiger partial charge in [0.25, 0.3) is 0 Å². The number of aryl methyl sites for hydroxylation is 1. The van der Waals surface area contributed by atoms with E-state index < -0.39 is 9.84 Å². The van der Waals surface area contributed by atoms with Crippen LogP contribution in [0.4, 0.5) is 5.00 Å². The van der Waals surface area contributed by atoms with Crippen molar-refractivity contribution < 1.29 is 8.42 Å². The molecule has 2 aliphatic heterocycles. The molecule has 1 N–H and O–H groups in total. The number of anilines is 1. The van der Waals surface area contributed by atoms with Crippen molar-refractivity contribution in [2.45, 2.75) is 25.4 Å². The molecule has 7 heteroatoms. The zero-order valence-electron chi connectivity index (χ0n) is 9.92. The van der Waals surface area contributed by atoms with Gasteiger partial charge in [-0.25, -0.2) is 8.42 Å². The summed E-state index contributed by atoms with van der Waals surface area (Å²) in [6.07, 6.45) is 0.991. The van der Waals surface area contributed by atoms with Crippen LogP contribution >= 0.6 is 23.6 Å². The zero-order valence-corrected chi connectivity index (χ0v) is 12.4. The van der Waals surface area contributed by atoms with Crippen LogP contribution in [-0.2, 0) is 16.3 Å². The first-order valence-electron chi connectivity index (χ1n) is 5.89. The number of hydrogen-bond donors (Lipinski definition) is 1. The second-order valence-electron chi connectivity index (χ2n) is 4.66. The van der Waals surface area contributed by atoms with Crippen LogP contribution in [0.3, 0.4) is 0 Å². The second-order valence-corrected chi connectivity index (χ2v) is 8.35. The number of nitrogens with zero attached hydrogens (tertiary/aromatic N) is 1. The molecule has 0 amide bonds. The van der Waals surface area contributed by atoms with E-state index in [2.05, 4.69) is 18.3 Å². The summed E-state index contributed by atoms with van der Waals surface area (Å²) in [5.74, 6) is 0.393. The Balaban J connectivity index is 1.94. The maximum absolute atomic E-state index is 11.7. The summed E-state index contributed by atoms with van der Waals surface area (Å²) < 4.78 is 23.4. The van der Waals surface area contributed by atoms with E-state index in [0.29, 0.717) is 5.11 Å². The van der Waals surface area contributed by atoms with E-state index in [0.717, 1.165) is 11.4 Å². The lowest BCUT2D eigenvalue weighted by Crippen LogP contribution is -2.36. The van der Waals surface area contributed by atoms with Gasteiger partial charge < -0.3 is 10.2 Å². The molecule has 0 radical (unpaired) electrons. The van der Waals surface area contributed by atoms with Gasteiger partial charge in [-0.05, 0) is 30.8 Å². The number of thiophene rings is 1. The first-order valence-corrected chi connectivity index (χ1v) is 8.93. The molecule has 0 unspecified atom stereocenters. The van der Waals surface area contributed by atoms with Crippen LogP contribution in [0.25, 0.3) is 0 Å². The number of rotatable bonds is 2. The third-order valence-corrected chi connectivity index (χ3v) is 6.68. The molecule has 2 fully saturated rings. The average Bonchev–Trinajstić information content (AvgIpc) is 2.90. The Morgan fingerprint density at radius 3 is 2.94 bits per heavy atom. The Hall–Kier alpha value is -0.660. The van der Waals surface area contributed by atoms with E-state index in [9.17, 15) is 8.42 Å². The molecule has 0 saturated carbocycles. The fourth-order valence-corrected chi connectivity index (χ4v) is 5.89. The molecule has 0 aromatic carbocycles. The van der Waals surface area contributed by atoms with E-state index in [1.54, 1.807) is 11.3 Å². The van der Waals surface area contributed by atoms with Crippen molar-refractivity contribution in [3.05, 3.63) is 17.0 Å². The Kier molecular flexibility index (Phi) is 2.87. The van der Waals surface area contributed by atoms with E-state index in [4.69, 9.17) is 12.2 Å². The number of sulfone groups is 1. The van der Waals surface area contributed by atoms with Crippen LogP contribution in [0.15, 0.2) is 12.1 Å². The first kappa shape index (κ1) is 12.4. The minimum Gasteiger partial charge on any atom is -0.356 e. The van der Waals surface area contributed by atoms with Crippen LogP contribution in [0.5, 0.6) is 0 Å². The van der Waals surface area contributed by atoms with Crippen LogP contribution in [0, 0.1) is 0 Å². The highest BCUT2D eigenvalue weighted by Gasteiger charge is 2.47. The third kappa shape index (κ3) is 1.94. The van der Waals surface area contributed by atoms with Gasteiger partial charge in [0.05, 0.1) is 28.6 Å². The molecule has 2 atom stereocenters. The molecule has 0 spiro atoms. The van der Waals surface area contributed by atoms with E-state index in [1.165, 1.54) is 4.88 Å². The summed E-state index contributed by atoms with van der Waals surface area (Å²) in [5, 5.41) is 4.84. The van der Waals surface area contributed by atoms with E-state index >= 15 is 0 Å². The van der Waals surface area contributed by atoms with Crippen molar-refractivity contribution in [1.29, 1.82) is 0 Å². The largest absolute Gasteiger partial charge is 0.356 e. The average molecular weight is 302 g/mol. The summed E-state index contributed by atoms with van der Waals surface area (Å²) in [5.41, 5.74) is 0. The molecule has 1 aromatic heterocycles. The van der Waals surface area contributed by atoms with Crippen LogP contribution in [0.2, 0.25) is 0 Å². The van der Waals surface area contributed by atoms with Crippen molar-refractivity contribution in [2.75, 3.05) is 16.4 Å². The van der Waals surface area contributed by atoms with Gasteiger partial charge in [0.1, 0.15) is 0 Å². The SMILES string of the molecule is CCc1ccc(N2C(=S)N[C@@H]3CS(=O)(=O)C[C@@H]32)s1. The molecule has 4 nitrogen and oxygen atoms in total. The van der Waals surface area contributed by atoms with Gasteiger partial charge in [-0.15, -0.1) is 11.3 Å². The third-order valence-electron chi connectivity index (χ3n) is 3.42. The predicted octanol–water partition coefficient (Wildman–Crippen LogP) is 1.17. The van der Waals surface area contributed by atoms with Crippen molar-refractivity contribution in [3.63, 3.8) is 0 Å². The monoisotopic (exact) mass is 302 g/mol. The van der Waals surface area contributed by atoms with Crippen molar-refractivity contribution in [1.82, 2.24) is 5.32 Å². The van der Waals surface area contributed by atoms with Gasteiger partial charge >= 0.3 is 0 Å². The van der Waals surface area contributed by atoms with E-state index in [-0.39, 0.29) is 23.6 Å². The lowest BCUT2D eigenvalue weighted by Gasteiger charge is -2.21. The highest BCUT2D eigenvalue weighted by molar-refractivity contribution is 7.91. The molecule has 2 aliphatic rings. The molecule has 98 valence electrons. The predicted molar refractivity (Wildman–Crippen MR) is 78.1 cm³/mol. The molecule has 18 heavy (non-hydrogen) atoms. The molecule has 1 aromatic rings. The number of hydrogen-bond acceptors (Lipinski definition) is 4. The Morgan fingerprint density at radius 1 is 1.50 bits per heavy atom. The summed E-state index contributed by atoms with van der Waals surface area (Å²) in [6, 6.07) is 4.03. The van der Waals surface area contributed by atoms with E-state index in [1.807, 2.05) is 11.0 Å². The summed E-state index contributed by atoms with van der Waals surface area (Å²) in [4.78, 5) is 3.27. The molecular formula is C11H14N2O2S3. The topological polar surface area (TPSA) is 49.4 Å². The maximum Gasteiger partial charge on any atom is 0.174 e. The standard InChI is InChI=1S/C11H14N2O2S3/c1-2-7-3-4-10(17-7)13-9-6-18(14,15)5-8(9)12-11(13)16/h3-4,8-9H,2,5-6H2,1H3,(H,12,16)/t8-,9+/m1/s1. The fourth-order valence-electron chi connectivity index (χ4n) is 2.55. The number of nitrogens with one attached hydrogen (secondary N) is 1. The quantitative estimate of drug-likeness (QED) is 0.831. The minimum atomic E-state index is -2.93. The van der Waals surface area contributed by atoms with Gasteiger partial charge in [-0.1, -0.05) is 6.92 Å². The maximum atomic E-state index is 11.7. The number of thiocarbonyl (C=S) groups is 1. The van der Waals surface area contributed by atoms with Gasteiger partial charge in [0, 0.05) is 4.88 Å². The smallest absolute Gasteiger partial charge is 0.174 e. The Labute approximate surface area is 116 Å². The van der Waals surface area contributed by atoms with Gasteiger partial charge in [-0.2, -0.15) is 0 Å². The minimum absolute atomic E-state index is 0.0362. The van der Waals surface area contributed by atoms with Crippen LogP contribution in [0.1, 0.15) is 11.8 Å². The van der Waals surface area contributed by atoms with Crippen molar-refractivity contribution >= 4 is 43.5 Å². The van der Waals surface area contributed by atoms with Gasteiger partial charge in [0.2, 0.25) is 0 Å². The van der Waals surface area contributed by atoms with Crippen molar-refractivity contribution in [3.8, 4) is 0 Å². The summed E-state index contributed by atoms with van der Waals surface area (Å²) in [6.45, 7) is 2.11. The lowest BCUT2D eigenvalue weighted by atomic mass is 10.2. The summed E-state index contributed by atoms with van der Waals surface area (Å²) in [7, 11) is -2.93. The van der Waals surface area contributed by atoms with Crippen molar-refractivity contribution in [2.24, 2.45) is 0 Å². The molecule has 0 aliphatic carbocycles. The zero-order chi connectivity index (χ0) is 12.9. The highest BCUT2D eigenvalue weighted by Crippen LogP contribution is 2.34. The molecule has 0 bridgehead atoms. The van der Waals surface area contributed by atoms with Crippen LogP contribution < -0.4 is 10.2 Å². The molecule has 2 saturated heterocycles. The molecule has 3 rings (SSSR count). The summed E-state index contributed by atoms with van der Waals surface area (Å²) >= 11 is 7.01. The lowest BCUT2D eigenvalue weighted by molar-refractivity contribution is 0.600. The fraction of sp³-hybridized carbons (Fsp3) is 0.545. The normalized spacial score (nSPS) is 29.4. The first-order chi connectivity index (χ1) is 8.50. The van der Waals surface area contributed by atoms with Gasteiger partial charge in [0.15, 0.2) is 14.9 Å². The molecule has 3 heterocycles. The Morgan fingerprint density at radius 2 is 2.28 bits per heavy atom. The Bertz CT molecular complexity index is 593. The van der Waals surface area contributed by atoms with Gasteiger partial charge in [-0.3, -0.25) is 0 Å².